The quantitative estimate of drug-likeness (QED) is 0.857. The number of pyridine rings is 1. The average Bonchev–Trinajstić information content (AvgIpc) is 2.33. The van der Waals surface area contributed by atoms with Gasteiger partial charge in [0.05, 0.1) is 4.47 Å². The normalized spacial score (nSPS) is 10.5. The van der Waals surface area contributed by atoms with Crippen molar-refractivity contribution >= 4 is 28.1 Å². The van der Waals surface area contributed by atoms with Gasteiger partial charge in [0.1, 0.15) is 10.3 Å². The van der Waals surface area contributed by atoms with Crippen LogP contribution in [0.25, 0.3) is 11.5 Å². The molecule has 0 saturated heterocycles. The highest BCUT2D eigenvalue weighted by atomic mass is 79.9. The zero-order chi connectivity index (χ0) is 12.4. The fraction of sp³-hybridized carbons (Fsp3) is 0.250. The molecule has 2 rings (SSSR count). The van der Waals surface area contributed by atoms with Gasteiger partial charge in [0.15, 0.2) is 5.82 Å². The van der Waals surface area contributed by atoms with E-state index in [9.17, 15) is 0 Å². The topological polar surface area (TPSA) is 41.6 Å². The maximum Gasteiger partial charge on any atom is 0.158 e. The molecule has 88 valence electrons. The monoisotopic (exact) mass is 309 g/mol. The fourth-order valence-corrected chi connectivity index (χ4v) is 2.28. The van der Waals surface area contributed by atoms with Crippen molar-refractivity contribution in [2.24, 2.45) is 0 Å². The summed E-state index contributed by atoms with van der Waals surface area (Å²) in [6.45, 7) is 4.08. The maximum absolute atomic E-state index is 5.23. The lowest BCUT2D eigenvalue weighted by atomic mass is 10.2. The summed E-state index contributed by atoms with van der Waals surface area (Å²) in [5.41, 5.74) is 2.97. The largest absolute Gasteiger partial charge is 0.341 e. The molecule has 0 unspecified atom stereocenters. The minimum Gasteiger partial charge on any atom is -0.341 e. The van der Waals surface area contributed by atoms with Gasteiger partial charge in [0, 0.05) is 11.9 Å². The van der Waals surface area contributed by atoms with Crippen molar-refractivity contribution in [1.82, 2.24) is 15.0 Å². The molecule has 0 fully saturated rings. The van der Waals surface area contributed by atoms with E-state index < -0.39 is 0 Å². The van der Waals surface area contributed by atoms with Crippen LogP contribution < -0.4 is 0 Å². The molecule has 0 aliphatic rings. The Morgan fingerprint density at radius 3 is 2.88 bits per heavy atom. The van der Waals surface area contributed by atoms with E-state index in [0.717, 1.165) is 33.7 Å². The molecule has 0 aliphatic heterocycles. The molecule has 0 spiro atoms. The Bertz CT molecular complexity index is 607. The van der Waals surface area contributed by atoms with Gasteiger partial charge >= 0.3 is 0 Å². The van der Waals surface area contributed by atoms with E-state index in [1.807, 2.05) is 19.1 Å². The van der Waals surface area contributed by atoms with Crippen LogP contribution in [0, 0.1) is 11.6 Å². The number of nitrogens with zero attached hydrogens (tertiary/aromatic N) is 2. The third kappa shape index (κ3) is 2.45. The van der Waals surface area contributed by atoms with Gasteiger partial charge in [-0.3, -0.25) is 4.98 Å². The molecule has 0 amide bonds. The van der Waals surface area contributed by atoms with Crippen LogP contribution in [0.3, 0.4) is 0 Å². The van der Waals surface area contributed by atoms with Crippen LogP contribution in [-0.4, -0.2) is 15.0 Å². The van der Waals surface area contributed by atoms with Crippen molar-refractivity contribution in [3.63, 3.8) is 0 Å². The minimum absolute atomic E-state index is 0.570. The highest BCUT2D eigenvalue weighted by Gasteiger charge is 2.09. The second-order valence-corrected chi connectivity index (χ2v) is 4.89. The van der Waals surface area contributed by atoms with E-state index in [-0.39, 0.29) is 0 Å². The summed E-state index contributed by atoms with van der Waals surface area (Å²) in [5, 5.41) is 0. The van der Waals surface area contributed by atoms with E-state index in [0.29, 0.717) is 4.64 Å². The molecule has 1 N–H and O–H groups in total. The van der Waals surface area contributed by atoms with Gasteiger partial charge < -0.3 is 4.98 Å². The Kier molecular flexibility index (Phi) is 3.69. The van der Waals surface area contributed by atoms with E-state index in [2.05, 4.69) is 37.8 Å². The molecule has 0 saturated carbocycles. The number of nitrogens with one attached hydrogen (secondary N) is 1. The predicted octanol–water partition coefficient (Wildman–Crippen LogP) is 3.83. The Labute approximate surface area is 113 Å². The molecule has 3 nitrogen and oxygen atoms in total. The Hall–Kier alpha value is -1.07. The second-order valence-electron chi connectivity index (χ2n) is 3.71. The zero-order valence-electron chi connectivity index (χ0n) is 9.62. The molecule has 17 heavy (non-hydrogen) atoms. The van der Waals surface area contributed by atoms with Crippen LogP contribution in [0.15, 0.2) is 22.8 Å². The van der Waals surface area contributed by atoms with E-state index in [1.165, 1.54) is 0 Å². The average molecular weight is 310 g/mol. The summed E-state index contributed by atoms with van der Waals surface area (Å²) in [4.78, 5) is 12.0. The van der Waals surface area contributed by atoms with E-state index >= 15 is 0 Å². The molecule has 2 heterocycles. The number of rotatable bonds is 2. The number of aryl methyl sites for hydroxylation is 2. The molecule has 0 atom stereocenters. The van der Waals surface area contributed by atoms with Gasteiger partial charge in [0.2, 0.25) is 0 Å². The Morgan fingerprint density at radius 1 is 1.47 bits per heavy atom. The number of H-pyrrole nitrogens is 1. The molecule has 5 heteroatoms. The molecule has 0 radical (unpaired) electrons. The highest BCUT2D eigenvalue weighted by Crippen LogP contribution is 2.22. The summed E-state index contributed by atoms with van der Waals surface area (Å²) < 4.78 is 1.44. The summed E-state index contributed by atoms with van der Waals surface area (Å²) >= 11 is 8.68. The van der Waals surface area contributed by atoms with Crippen molar-refractivity contribution in [3.05, 3.63) is 38.7 Å². The van der Waals surface area contributed by atoms with Gasteiger partial charge in [0.25, 0.3) is 0 Å². The first-order valence-corrected chi connectivity index (χ1v) is 6.54. The standard InChI is InChI=1S/C12H12BrN3S/c1-3-8-9(13)12(17)16-11(15-8)10-7(2)5-4-6-14-10/h4-6H,3H2,1-2H3,(H,15,16,17). The van der Waals surface area contributed by atoms with Crippen LogP contribution >= 0.6 is 28.1 Å². The van der Waals surface area contributed by atoms with Gasteiger partial charge in [-0.05, 0) is 40.9 Å². The smallest absolute Gasteiger partial charge is 0.158 e. The Balaban J connectivity index is 2.66. The third-order valence-corrected chi connectivity index (χ3v) is 3.93. The zero-order valence-corrected chi connectivity index (χ0v) is 12.0. The first-order chi connectivity index (χ1) is 8.13. The first kappa shape index (κ1) is 12.4. The Morgan fingerprint density at radius 2 is 2.24 bits per heavy atom. The van der Waals surface area contributed by atoms with E-state index in [4.69, 9.17) is 12.2 Å². The van der Waals surface area contributed by atoms with Gasteiger partial charge in [-0.15, -0.1) is 0 Å². The molecule has 2 aromatic heterocycles. The van der Waals surface area contributed by atoms with Gasteiger partial charge in [-0.25, -0.2) is 4.98 Å². The summed E-state index contributed by atoms with van der Waals surface area (Å²) in [7, 11) is 0. The van der Waals surface area contributed by atoms with Gasteiger partial charge in [-0.1, -0.05) is 25.2 Å². The van der Waals surface area contributed by atoms with Crippen LogP contribution in [0.1, 0.15) is 18.2 Å². The molecule has 0 aromatic carbocycles. The number of hydrogen-bond donors (Lipinski definition) is 1. The lowest BCUT2D eigenvalue weighted by Gasteiger charge is -2.07. The summed E-state index contributed by atoms with van der Waals surface area (Å²) in [6.07, 6.45) is 2.63. The van der Waals surface area contributed by atoms with Crippen molar-refractivity contribution in [1.29, 1.82) is 0 Å². The van der Waals surface area contributed by atoms with Crippen molar-refractivity contribution in [2.75, 3.05) is 0 Å². The van der Waals surface area contributed by atoms with Crippen LogP contribution in [0.2, 0.25) is 0 Å². The SMILES string of the molecule is CCc1[nH]c(-c2ncccc2C)nc(=S)c1Br. The van der Waals surface area contributed by atoms with Crippen molar-refractivity contribution in [2.45, 2.75) is 20.3 Å². The van der Waals surface area contributed by atoms with Crippen molar-refractivity contribution in [3.8, 4) is 11.5 Å². The fourth-order valence-electron chi connectivity index (χ4n) is 1.59. The third-order valence-electron chi connectivity index (χ3n) is 2.52. The molecular formula is C12H12BrN3S. The molecule has 0 aliphatic carbocycles. The lowest BCUT2D eigenvalue weighted by molar-refractivity contribution is 0.974. The highest BCUT2D eigenvalue weighted by molar-refractivity contribution is 9.10. The van der Waals surface area contributed by atoms with Crippen LogP contribution in [0.5, 0.6) is 0 Å². The molecule has 2 aromatic rings. The summed E-state index contributed by atoms with van der Waals surface area (Å²) in [5.74, 6) is 0.730. The number of halogens is 1. The first-order valence-electron chi connectivity index (χ1n) is 5.34. The second kappa shape index (κ2) is 5.06. The summed E-state index contributed by atoms with van der Waals surface area (Å²) in [6, 6.07) is 3.92. The number of hydrogen-bond acceptors (Lipinski definition) is 3. The number of aromatic amines is 1. The van der Waals surface area contributed by atoms with Gasteiger partial charge in [-0.2, -0.15) is 0 Å². The lowest BCUT2D eigenvalue weighted by Crippen LogP contribution is -1.99. The van der Waals surface area contributed by atoms with E-state index in [1.54, 1.807) is 6.20 Å². The molecular weight excluding hydrogens is 298 g/mol. The maximum atomic E-state index is 5.23. The molecule has 0 bridgehead atoms. The predicted molar refractivity (Wildman–Crippen MR) is 74.5 cm³/mol. The van der Waals surface area contributed by atoms with Crippen LogP contribution in [0.4, 0.5) is 0 Å². The van der Waals surface area contributed by atoms with Crippen LogP contribution in [-0.2, 0) is 6.42 Å². The number of aromatic nitrogens is 3. The minimum atomic E-state index is 0.570. The van der Waals surface area contributed by atoms with Crippen molar-refractivity contribution < 1.29 is 0 Å².